The van der Waals surface area contributed by atoms with Crippen LogP contribution in [0.15, 0.2) is 24.3 Å². The van der Waals surface area contributed by atoms with E-state index in [1.807, 2.05) is 0 Å². The molecule has 1 aromatic rings. The van der Waals surface area contributed by atoms with E-state index in [2.05, 4.69) is 12.2 Å². The average molecular weight is 273 g/mol. The molecule has 0 spiro atoms. The van der Waals surface area contributed by atoms with Crippen molar-refractivity contribution in [2.75, 3.05) is 19.8 Å². The Labute approximate surface area is 111 Å². The molecule has 0 aromatic heterocycles. The molecule has 0 saturated carbocycles. The molecule has 1 atom stereocenters. The largest absolute Gasteiger partial charge is 0.416 e. The Balaban J connectivity index is 2.08. The lowest BCUT2D eigenvalue weighted by atomic mass is 9.88. The van der Waals surface area contributed by atoms with Crippen LogP contribution in [-0.4, -0.2) is 19.8 Å². The van der Waals surface area contributed by atoms with Gasteiger partial charge in [-0.05, 0) is 18.6 Å². The van der Waals surface area contributed by atoms with Crippen molar-refractivity contribution in [3.63, 3.8) is 0 Å². The molecule has 0 bridgehead atoms. The SMILES string of the molecule is CC(NCC1(C)COC1)c1ccccc1C(F)(F)F. The minimum atomic E-state index is -4.31. The van der Waals surface area contributed by atoms with Gasteiger partial charge in [-0.15, -0.1) is 0 Å². The Bertz CT molecular complexity index is 441. The summed E-state index contributed by atoms with van der Waals surface area (Å²) in [6.07, 6.45) is -4.31. The second kappa shape index (κ2) is 5.13. The van der Waals surface area contributed by atoms with Crippen LogP contribution in [0.4, 0.5) is 13.2 Å². The molecular formula is C14H18F3NO. The average Bonchev–Trinajstić information content (AvgIpc) is 2.32. The van der Waals surface area contributed by atoms with E-state index in [1.54, 1.807) is 13.0 Å². The lowest BCUT2D eigenvalue weighted by molar-refractivity contribution is -0.138. The van der Waals surface area contributed by atoms with E-state index in [4.69, 9.17) is 4.74 Å². The number of hydrogen-bond acceptors (Lipinski definition) is 2. The molecule has 0 aliphatic carbocycles. The first-order valence-corrected chi connectivity index (χ1v) is 6.29. The van der Waals surface area contributed by atoms with Crippen molar-refractivity contribution in [3.8, 4) is 0 Å². The Hall–Kier alpha value is -1.07. The molecule has 1 N–H and O–H groups in total. The van der Waals surface area contributed by atoms with Crippen molar-refractivity contribution in [3.05, 3.63) is 35.4 Å². The maximum absolute atomic E-state index is 12.9. The zero-order chi connectivity index (χ0) is 14.1. The van der Waals surface area contributed by atoms with Crippen LogP contribution >= 0.6 is 0 Å². The number of halogens is 3. The van der Waals surface area contributed by atoms with E-state index >= 15 is 0 Å². The van der Waals surface area contributed by atoms with E-state index in [-0.39, 0.29) is 11.5 Å². The van der Waals surface area contributed by atoms with Crippen LogP contribution in [0.5, 0.6) is 0 Å². The van der Waals surface area contributed by atoms with Gasteiger partial charge in [0.05, 0.1) is 18.8 Å². The summed E-state index contributed by atoms with van der Waals surface area (Å²) in [5, 5.41) is 3.17. The smallest absolute Gasteiger partial charge is 0.380 e. The van der Waals surface area contributed by atoms with E-state index < -0.39 is 11.7 Å². The van der Waals surface area contributed by atoms with Crippen molar-refractivity contribution in [1.82, 2.24) is 5.32 Å². The molecule has 5 heteroatoms. The van der Waals surface area contributed by atoms with E-state index in [1.165, 1.54) is 12.1 Å². The van der Waals surface area contributed by atoms with Crippen LogP contribution < -0.4 is 5.32 Å². The zero-order valence-corrected chi connectivity index (χ0v) is 11.1. The first-order chi connectivity index (χ1) is 8.82. The van der Waals surface area contributed by atoms with Gasteiger partial charge in [0.25, 0.3) is 0 Å². The molecule has 1 aromatic carbocycles. The third-order valence-electron chi connectivity index (χ3n) is 3.47. The maximum Gasteiger partial charge on any atom is 0.416 e. The van der Waals surface area contributed by atoms with Crippen molar-refractivity contribution >= 4 is 0 Å². The number of alkyl halides is 3. The molecule has 1 unspecified atom stereocenters. The Kier molecular flexibility index (Phi) is 3.87. The molecule has 2 rings (SSSR count). The molecule has 1 aliphatic rings. The lowest BCUT2D eigenvalue weighted by Crippen LogP contribution is -2.47. The summed E-state index contributed by atoms with van der Waals surface area (Å²) in [4.78, 5) is 0. The van der Waals surface area contributed by atoms with E-state index in [9.17, 15) is 13.2 Å². The molecule has 1 aliphatic heterocycles. The quantitative estimate of drug-likeness (QED) is 0.908. The summed E-state index contributed by atoms with van der Waals surface area (Å²) in [5.41, 5.74) is -0.231. The number of hydrogen-bond donors (Lipinski definition) is 1. The monoisotopic (exact) mass is 273 g/mol. The lowest BCUT2D eigenvalue weighted by Gasteiger charge is -2.39. The number of ether oxygens (including phenoxy) is 1. The topological polar surface area (TPSA) is 21.3 Å². The molecule has 1 fully saturated rings. The van der Waals surface area contributed by atoms with Crippen LogP contribution in [0.25, 0.3) is 0 Å². The molecule has 0 radical (unpaired) electrons. The zero-order valence-electron chi connectivity index (χ0n) is 11.1. The predicted octanol–water partition coefficient (Wildman–Crippen LogP) is 3.39. The highest BCUT2D eigenvalue weighted by molar-refractivity contribution is 5.32. The molecule has 2 nitrogen and oxygen atoms in total. The Morgan fingerprint density at radius 3 is 2.47 bits per heavy atom. The molecule has 106 valence electrons. The predicted molar refractivity (Wildman–Crippen MR) is 66.8 cm³/mol. The third-order valence-corrected chi connectivity index (χ3v) is 3.47. The normalized spacial score (nSPS) is 19.8. The van der Waals surface area contributed by atoms with Gasteiger partial charge in [0.1, 0.15) is 0 Å². The molecular weight excluding hydrogens is 255 g/mol. The molecule has 1 saturated heterocycles. The summed E-state index contributed by atoms with van der Waals surface area (Å²) in [5.74, 6) is 0. The highest BCUT2D eigenvalue weighted by Gasteiger charge is 2.36. The van der Waals surface area contributed by atoms with Gasteiger partial charge in [-0.3, -0.25) is 0 Å². The van der Waals surface area contributed by atoms with Gasteiger partial charge in [-0.2, -0.15) is 13.2 Å². The fourth-order valence-corrected chi connectivity index (χ4v) is 2.19. The first-order valence-electron chi connectivity index (χ1n) is 6.29. The van der Waals surface area contributed by atoms with Gasteiger partial charge >= 0.3 is 6.18 Å². The number of rotatable bonds is 4. The Morgan fingerprint density at radius 1 is 1.32 bits per heavy atom. The van der Waals surface area contributed by atoms with Gasteiger partial charge in [0, 0.05) is 18.0 Å². The second-order valence-electron chi connectivity index (χ2n) is 5.49. The van der Waals surface area contributed by atoms with Crippen LogP contribution in [0.1, 0.15) is 31.0 Å². The van der Waals surface area contributed by atoms with Gasteiger partial charge in [0.2, 0.25) is 0 Å². The highest BCUT2D eigenvalue weighted by atomic mass is 19.4. The van der Waals surface area contributed by atoms with Gasteiger partial charge < -0.3 is 10.1 Å². The number of nitrogens with one attached hydrogen (secondary N) is 1. The van der Waals surface area contributed by atoms with E-state index in [0.717, 1.165) is 6.07 Å². The maximum atomic E-state index is 12.9. The third kappa shape index (κ3) is 3.28. The molecule has 1 heterocycles. The van der Waals surface area contributed by atoms with Crippen molar-refractivity contribution in [1.29, 1.82) is 0 Å². The summed E-state index contributed by atoms with van der Waals surface area (Å²) >= 11 is 0. The highest BCUT2D eigenvalue weighted by Crippen LogP contribution is 2.35. The van der Waals surface area contributed by atoms with Crippen molar-refractivity contribution < 1.29 is 17.9 Å². The van der Waals surface area contributed by atoms with Crippen LogP contribution in [0.2, 0.25) is 0 Å². The van der Waals surface area contributed by atoms with Gasteiger partial charge in [-0.1, -0.05) is 25.1 Å². The van der Waals surface area contributed by atoms with Crippen molar-refractivity contribution in [2.24, 2.45) is 5.41 Å². The van der Waals surface area contributed by atoms with Crippen LogP contribution in [0.3, 0.4) is 0 Å². The van der Waals surface area contributed by atoms with Gasteiger partial charge in [-0.25, -0.2) is 0 Å². The second-order valence-corrected chi connectivity index (χ2v) is 5.49. The summed E-state index contributed by atoms with van der Waals surface area (Å²) in [6.45, 7) is 5.79. The minimum Gasteiger partial charge on any atom is -0.380 e. The minimum absolute atomic E-state index is 0.0431. The van der Waals surface area contributed by atoms with Crippen molar-refractivity contribution in [2.45, 2.75) is 26.1 Å². The van der Waals surface area contributed by atoms with E-state index in [0.29, 0.717) is 25.3 Å². The van der Waals surface area contributed by atoms with Gasteiger partial charge in [0.15, 0.2) is 0 Å². The molecule has 0 amide bonds. The summed E-state index contributed by atoms with van der Waals surface area (Å²) < 4.78 is 43.9. The summed E-state index contributed by atoms with van der Waals surface area (Å²) in [7, 11) is 0. The summed E-state index contributed by atoms with van der Waals surface area (Å²) in [6, 6.07) is 5.37. The first kappa shape index (κ1) is 14.3. The van der Waals surface area contributed by atoms with Crippen LogP contribution in [-0.2, 0) is 10.9 Å². The fraction of sp³-hybridized carbons (Fsp3) is 0.571. The Morgan fingerprint density at radius 2 is 1.95 bits per heavy atom. The fourth-order valence-electron chi connectivity index (χ4n) is 2.19. The standard InChI is InChI=1S/C14H18F3NO/c1-10(18-7-13(2)8-19-9-13)11-5-3-4-6-12(11)14(15,16)17/h3-6,10,18H,7-9H2,1-2H3. The van der Waals surface area contributed by atoms with Crippen LogP contribution in [0, 0.1) is 5.41 Å². The molecule has 19 heavy (non-hydrogen) atoms. The number of benzene rings is 1.